The molecule has 3 nitrogen and oxygen atoms in total. The molecule has 0 aliphatic carbocycles. The van der Waals surface area contributed by atoms with Crippen LogP contribution in [0.4, 0.5) is 0 Å². The Hall–Kier alpha value is -3.37. The molecule has 0 atom stereocenters. The highest BCUT2D eigenvalue weighted by Gasteiger charge is 2.12. The molecule has 0 bridgehead atoms. The SMILES string of the molecule is CCOc1cc(-c2nc3ccccc3s2)ccc1OCc1cccc2ccccc12. The predicted octanol–water partition coefficient (Wildman–Crippen LogP) is 7.09. The van der Waals surface area contributed by atoms with Crippen LogP contribution in [0.3, 0.4) is 0 Å². The van der Waals surface area contributed by atoms with Gasteiger partial charge >= 0.3 is 0 Å². The molecule has 0 radical (unpaired) electrons. The average molecular weight is 412 g/mol. The van der Waals surface area contributed by atoms with Crippen molar-refractivity contribution >= 4 is 32.3 Å². The Bertz CT molecular complexity index is 1290. The van der Waals surface area contributed by atoms with Gasteiger partial charge in [0.1, 0.15) is 11.6 Å². The highest BCUT2D eigenvalue weighted by Crippen LogP contribution is 2.36. The van der Waals surface area contributed by atoms with E-state index in [1.54, 1.807) is 11.3 Å². The number of fused-ring (bicyclic) bond motifs is 2. The number of rotatable bonds is 6. The van der Waals surface area contributed by atoms with Gasteiger partial charge in [0.2, 0.25) is 0 Å². The lowest BCUT2D eigenvalue weighted by molar-refractivity contribution is 0.270. The third kappa shape index (κ3) is 3.62. The maximum Gasteiger partial charge on any atom is 0.161 e. The minimum atomic E-state index is 0.488. The van der Waals surface area contributed by atoms with Gasteiger partial charge in [-0.2, -0.15) is 0 Å². The first kappa shape index (κ1) is 18.6. The lowest BCUT2D eigenvalue weighted by Crippen LogP contribution is -2.00. The van der Waals surface area contributed by atoms with Crippen molar-refractivity contribution in [2.24, 2.45) is 0 Å². The molecule has 0 saturated heterocycles. The first-order chi connectivity index (χ1) is 14.8. The summed E-state index contributed by atoms with van der Waals surface area (Å²) in [5, 5.41) is 3.41. The predicted molar refractivity (Wildman–Crippen MR) is 125 cm³/mol. The van der Waals surface area contributed by atoms with Crippen molar-refractivity contribution in [2.75, 3.05) is 6.61 Å². The van der Waals surface area contributed by atoms with Crippen LogP contribution in [0.15, 0.2) is 84.9 Å². The van der Waals surface area contributed by atoms with Gasteiger partial charge in [0.15, 0.2) is 11.5 Å². The maximum atomic E-state index is 6.19. The summed E-state index contributed by atoms with van der Waals surface area (Å²) in [5.41, 5.74) is 3.22. The van der Waals surface area contributed by atoms with Crippen molar-refractivity contribution in [3.05, 3.63) is 90.5 Å². The van der Waals surface area contributed by atoms with Gasteiger partial charge in [-0.15, -0.1) is 11.3 Å². The summed E-state index contributed by atoms with van der Waals surface area (Å²) in [6.45, 7) is 3.05. The zero-order chi connectivity index (χ0) is 20.3. The molecule has 0 fully saturated rings. The number of para-hydroxylation sites is 1. The van der Waals surface area contributed by atoms with E-state index in [-0.39, 0.29) is 0 Å². The second-order valence-electron chi connectivity index (χ2n) is 7.01. The molecular weight excluding hydrogens is 390 g/mol. The Kier molecular flexibility index (Phi) is 5.08. The molecule has 0 saturated carbocycles. The molecule has 4 aromatic carbocycles. The third-order valence-corrected chi connectivity index (χ3v) is 6.13. The van der Waals surface area contributed by atoms with Crippen molar-refractivity contribution in [1.82, 2.24) is 4.98 Å². The normalized spacial score (nSPS) is 11.1. The van der Waals surface area contributed by atoms with E-state index in [9.17, 15) is 0 Å². The van der Waals surface area contributed by atoms with Gasteiger partial charge in [0.25, 0.3) is 0 Å². The average Bonchev–Trinajstić information content (AvgIpc) is 3.23. The minimum Gasteiger partial charge on any atom is -0.490 e. The van der Waals surface area contributed by atoms with Crippen LogP contribution in [0, 0.1) is 0 Å². The summed E-state index contributed by atoms with van der Waals surface area (Å²) in [6.07, 6.45) is 0. The van der Waals surface area contributed by atoms with E-state index in [2.05, 4.69) is 54.6 Å². The smallest absolute Gasteiger partial charge is 0.161 e. The molecule has 1 aromatic heterocycles. The topological polar surface area (TPSA) is 31.4 Å². The summed E-state index contributed by atoms with van der Waals surface area (Å²) >= 11 is 1.69. The Labute approximate surface area is 179 Å². The zero-order valence-electron chi connectivity index (χ0n) is 16.7. The number of thiazole rings is 1. The monoisotopic (exact) mass is 411 g/mol. The fourth-order valence-electron chi connectivity index (χ4n) is 3.60. The van der Waals surface area contributed by atoms with Gasteiger partial charge in [-0.3, -0.25) is 0 Å². The first-order valence-electron chi connectivity index (χ1n) is 10.0. The Balaban J connectivity index is 1.44. The number of hydrogen-bond donors (Lipinski definition) is 0. The largest absolute Gasteiger partial charge is 0.490 e. The summed E-state index contributed by atoms with van der Waals surface area (Å²) in [4.78, 5) is 4.76. The number of ether oxygens (including phenoxy) is 2. The molecule has 0 aliphatic heterocycles. The van der Waals surface area contributed by atoms with E-state index in [0.717, 1.165) is 33.2 Å². The maximum absolute atomic E-state index is 6.19. The highest BCUT2D eigenvalue weighted by molar-refractivity contribution is 7.21. The van der Waals surface area contributed by atoms with Crippen LogP contribution in [0.5, 0.6) is 11.5 Å². The van der Waals surface area contributed by atoms with Gasteiger partial charge in [0, 0.05) is 5.56 Å². The van der Waals surface area contributed by atoms with Crippen LogP contribution >= 0.6 is 11.3 Å². The fraction of sp³-hybridized carbons (Fsp3) is 0.115. The van der Waals surface area contributed by atoms with Crippen LogP contribution in [0.2, 0.25) is 0 Å². The van der Waals surface area contributed by atoms with Gasteiger partial charge in [-0.1, -0.05) is 54.6 Å². The van der Waals surface area contributed by atoms with E-state index < -0.39 is 0 Å². The summed E-state index contributed by atoms with van der Waals surface area (Å²) in [7, 11) is 0. The van der Waals surface area contributed by atoms with Crippen molar-refractivity contribution in [3.63, 3.8) is 0 Å². The first-order valence-corrected chi connectivity index (χ1v) is 10.9. The summed E-state index contributed by atoms with van der Waals surface area (Å²) in [6, 6.07) is 28.9. The molecular formula is C26H21NO2S. The number of hydrogen-bond acceptors (Lipinski definition) is 4. The van der Waals surface area contributed by atoms with Crippen LogP contribution < -0.4 is 9.47 Å². The van der Waals surface area contributed by atoms with Gasteiger partial charge in [0.05, 0.1) is 16.8 Å². The standard InChI is InChI=1S/C26H21NO2S/c1-2-28-24-16-19(26-27-22-12-5-6-13-25(22)30-26)14-15-23(24)29-17-20-10-7-9-18-8-3-4-11-21(18)20/h3-16H,2,17H2,1H3. The second kappa shape index (κ2) is 8.17. The second-order valence-corrected chi connectivity index (χ2v) is 8.04. The Morgan fingerprint density at radius 2 is 1.63 bits per heavy atom. The van der Waals surface area contributed by atoms with Crippen molar-refractivity contribution < 1.29 is 9.47 Å². The molecule has 0 spiro atoms. The summed E-state index contributed by atoms with van der Waals surface area (Å²) in [5.74, 6) is 1.49. The minimum absolute atomic E-state index is 0.488. The van der Waals surface area contributed by atoms with Crippen LogP contribution in [0.25, 0.3) is 31.6 Å². The van der Waals surface area contributed by atoms with Crippen LogP contribution in [-0.2, 0) is 6.61 Å². The van der Waals surface area contributed by atoms with Crippen LogP contribution in [-0.4, -0.2) is 11.6 Å². The molecule has 4 heteroatoms. The van der Waals surface area contributed by atoms with Crippen molar-refractivity contribution in [3.8, 4) is 22.1 Å². The Morgan fingerprint density at radius 3 is 2.53 bits per heavy atom. The van der Waals surface area contributed by atoms with Gasteiger partial charge < -0.3 is 9.47 Å². The highest BCUT2D eigenvalue weighted by atomic mass is 32.1. The molecule has 0 aliphatic rings. The molecule has 0 unspecified atom stereocenters. The molecule has 1 heterocycles. The lowest BCUT2D eigenvalue weighted by Gasteiger charge is -2.14. The van der Waals surface area contributed by atoms with E-state index in [1.165, 1.54) is 15.5 Å². The van der Waals surface area contributed by atoms with E-state index in [0.29, 0.717) is 13.2 Å². The van der Waals surface area contributed by atoms with E-state index >= 15 is 0 Å². The number of benzene rings is 4. The van der Waals surface area contributed by atoms with Gasteiger partial charge in [-0.25, -0.2) is 4.98 Å². The number of aromatic nitrogens is 1. The third-order valence-electron chi connectivity index (χ3n) is 5.05. The van der Waals surface area contributed by atoms with Gasteiger partial charge in [-0.05, 0) is 53.6 Å². The number of nitrogens with zero attached hydrogens (tertiary/aromatic N) is 1. The molecule has 148 valence electrons. The van der Waals surface area contributed by atoms with Crippen LogP contribution in [0.1, 0.15) is 12.5 Å². The molecule has 5 aromatic rings. The quantitative estimate of drug-likeness (QED) is 0.299. The van der Waals surface area contributed by atoms with Crippen molar-refractivity contribution in [2.45, 2.75) is 13.5 Å². The molecule has 0 N–H and O–H groups in total. The van der Waals surface area contributed by atoms with E-state index in [1.807, 2.05) is 37.3 Å². The van der Waals surface area contributed by atoms with Crippen molar-refractivity contribution in [1.29, 1.82) is 0 Å². The summed E-state index contributed by atoms with van der Waals surface area (Å²) < 4.78 is 13.3. The molecule has 5 rings (SSSR count). The Morgan fingerprint density at radius 1 is 0.800 bits per heavy atom. The zero-order valence-corrected chi connectivity index (χ0v) is 17.5. The molecule has 0 amide bonds. The molecule has 30 heavy (non-hydrogen) atoms. The van der Waals surface area contributed by atoms with E-state index in [4.69, 9.17) is 14.5 Å². The fourth-order valence-corrected chi connectivity index (χ4v) is 4.56. The lowest BCUT2D eigenvalue weighted by atomic mass is 10.1.